The van der Waals surface area contributed by atoms with Gasteiger partial charge in [0.25, 0.3) is 0 Å². The van der Waals surface area contributed by atoms with Gasteiger partial charge in [-0.2, -0.15) is 10.2 Å². The molecule has 0 bridgehead atoms. The van der Waals surface area contributed by atoms with Crippen LogP contribution in [-0.4, -0.2) is 83.3 Å². The standard InChI is InChI=1S/C25H32ClN7O2/c1-17-22-18(2)33(21-7-5-20(26)6-8-21)30-23(22)24(29-28-17)32-10-3-4-19(16-32)25(34)27-9-11-31-12-14-35-15-13-31/h5-8,19H,3-4,9-16H2,1-2H3,(H,27,34)/t19-/m0/s1. The Kier molecular flexibility index (Phi) is 7.17. The Bertz CT molecular complexity index is 1190. The fourth-order valence-corrected chi connectivity index (χ4v) is 5.17. The maximum atomic E-state index is 13.0. The molecule has 9 nitrogen and oxygen atoms in total. The summed E-state index contributed by atoms with van der Waals surface area (Å²) >= 11 is 6.08. The molecule has 3 aromatic rings. The number of amides is 1. The van der Waals surface area contributed by atoms with Crippen LogP contribution in [0.5, 0.6) is 0 Å². The van der Waals surface area contributed by atoms with E-state index < -0.39 is 0 Å². The van der Waals surface area contributed by atoms with E-state index in [9.17, 15) is 4.79 Å². The Labute approximate surface area is 210 Å². The number of morpholine rings is 1. The maximum absolute atomic E-state index is 13.0. The third-order valence-corrected chi connectivity index (χ3v) is 7.23. The van der Waals surface area contributed by atoms with E-state index in [4.69, 9.17) is 21.4 Å². The van der Waals surface area contributed by atoms with Crippen LogP contribution in [0.4, 0.5) is 5.82 Å². The molecule has 0 spiro atoms. The lowest BCUT2D eigenvalue weighted by Crippen LogP contribution is -2.46. The summed E-state index contributed by atoms with van der Waals surface area (Å²) in [6.07, 6.45) is 1.80. The second kappa shape index (κ2) is 10.5. The van der Waals surface area contributed by atoms with Crippen molar-refractivity contribution in [1.29, 1.82) is 0 Å². The zero-order valence-electron chi connectivity index (χ0n) is 20.3. The van der Waals surface area contributed by atoms with Gasteiger partial charge in [-0.1, -0.05) is 11.6 Å². The van der Waals surface area contributed by atoms with Gasteiger partial charge in [-0.15, -0.1) is 5.10 Å². The number of hydrogen-bond acceptors (Lipinski definition) is 7. The molecule has 2 saturated heterocycles. The minimum Gasteiger partial charge on any atom is -0.379 e. The molecule has 1 amide bonds. The van der Waals surface area contributed by atoms with E-state index in [2.05, 4.69) is 25.3 Å². The van der Waals surface area contributed by atoms with Crippen molar-refractivity contribution < 1.29 is 9.53 Å². The van der Waals surface area contributed by atoms with Gasteiger partial charge in [0, 0.05) is 44.3 Å². The number of anilines is 1. The fourth-order valence-electron chi connectivity index (χ4n) is 5.05. The summed E-state index contributed by atoms with van der Waals surface area (Å²) in [6.45, 7) is 10.4. The van der Waals surface area contributed by atoms with Gasteiger partial charge >= 0.3 is 0 Å². The van der Waals surface area contributed by atoms with Gasteiger partial charge in [0.2, 0.25) is 5.91 Å². The quantitative estimate of drug-likeness (QED) is 0.560. The average molecular weight is 498 g/mol. The predicted octanol–water partition coefficient (Wildman–Crippen LogP) is 2.75. The number of fused-ring (bicyclic) bond motifs is 1. The number of aryl methyl sites for hydroxylation is 2. The molecule has 0 unspecified atom stereocenters. The highest BCUT2D eigenvalue weighted by atomic mass is 35.5. The van der Waals surface area contributed by atoms with Gasteiger partial charge in [-0.25, -0.2) is 4.68 Å². The summed E-state index contributed by atoms with van der Waals surface area (Å²) in [6, 6.07) is 7.63. The fraction of sp³-hybridized carbons (Fsp3) is 0.520. The van der Waals surface area contributed by atoms with Crippen molar-refractivity contribution in [2.45, 2.75) is 26.7 Å². The summed E-state index contributed by atoms with van der Waals surface area (Å²) in [5.74, 6) is 0.778. The highest BCUT2D eigenvalue weighted by molar-refractivity contribution is 6.30. The number of rotatable bonds is 6. The molecule has 1 atom stereocenters. The van der Waals surface area contributed by atoms with Crippen LogP contribution < -0.4 is 10.2 Å². The topological polar surface area (TPSA) is 88.4 Å². The lowest BCUT2D eigenvalue weighted by Gasteiger charge is -2.33. The number of piperidine rings is 1. The normalized spacial score (nSPS) is 19.3. The molecule has 1 aromatic carbocycles. The largest absolute Gasteiger partial charge is 0.379 e. The molecule has 2 aliphatic heterocycles. The van der Waals surface area contributed by atoms with Crippen LogP contribution in [0.15, 0.2) is 24.3 Å². The number of halogens is 1. The molecule has 0 saturated carbocycles. The SMILES string of the molecule is Cc1nnc(N2CCC[C@H](C(=O)NCCN3CCOCC3)C2)c2nn(-c3ccc(Cl)cc3)c(C)c12. The Morgan fingerprint density at radius 3 is 2.69 bits per heavy atom. The van der Waals surface area contributed by atoms with Crippen molar-refractivity contribution in [3.63, 3.8) is 0 Å². The molecule has 186 valence electrons. The van der Waals surface area contributed by atoms with Gasteiger partial charge in [-0.3, -0.25) is 9.69 Å². The predicted molar refractivity (Wildman–Crippen MR) is 136 cm³/mol. The third kappa shape index (κ3) is 5.12. The van der Waals surface area contributed by atoms with E-state index >= 15 is 0 Å². The Balaban J connectivity index is 1.33. The molecular formula is C25H32ClN7O2. The molecule has 0 aliphatic carbocycles. The zero-order chi connectivity index (χ0) is 24.4. The molecule has 1 N–H and O–H groups in total. The van der Waals surface area contributed by atoms with Crippen molar-refractivity contribution in [3.05, 3.63) is 40.7 Å². The van der Waals surface area contributed by atoms with Gasteiger partial charge in [-0.05, 0) is 51.0 Å². The Hall–Kier alpha value is -2.75. The molecule has 4 heterocycles. The summed E-state index contributed by atoms with van der Waals surface area (Å²) in [7, 11) is 0. The number of benzene rings is 1. The molecule has 2 aliphatic rings. The second-order valence-electron chi connectivity index (χ2n) is 9.34. The van der Waals surface area contributed by atoms with Crippen LogP contribution in [-0.2, 0) is 9.53 Å². The number of nitrogens with one attached hydrogen (secondary N) is 1. The van der Waals surface area contributed by atoms with Gasteiger partial charge in [0.1, 0.15) is 5.52 Å². The highest BCUT2D eigenvalue weighted by Crippen LogP contribution is 2.31. The smallest absolute Gasteiger partial charge is 0.224 e. The van der Waals surface area contributed by atoms with Crippen molar-refractivity contribution >= 4 is 34.2 Å². The van der Waals surface area contributed by atoms with Gasteiger partial charge < -0.3 is 15.0 Å². The van der Waals surface area contributed by atoms with Crippen LogP contribution in [0.25, 0.3) is 16.6 Å². The van der Waals surface area contributed by atoms with E-state index in [1.54, 1.807) is 0 Å². The van der Waals surface area contributed by atoms with E-state index in [-0.39, 0.29) is 11.8 Å². The van der Waals surface area contributed by atoms with Crippen molar-refractivity contribution in [2.75, 3.05) is 57.4 Å². The Morgan fingerprint density at radius 1 is 1.14 bits per heavy atom. The van der Waals surface area contributed by atoms with Crippen LogP contribution in [0.2, 0.25) is 5.02 Å². The number of aromatic nitrogens is 4. The molecule has 0 radical (unpaired) electrons. The second-order valence-corrected chi connectivity index (χ2v) is 9.77. The third-order valence-electron chi connectivity index (χ3n) is 6.98. The molecule has 35 heavy (non-hydrogen) atoms. The minimum atomic E-state index is -0.0777. The van der Waals surface area contributed by atoms with Gasteiger partial charge in [0.05, 0.1) is 41.6 Å². The van der Waals surface area contributed by atoms with E-state index in [1.165, 1.54) is 0 Å². The summed E-state index contributed by atoms with van der Waals surface area (Å²) in [5.41, 5.74) is 3.60. The van der Waals surface area contributed by atoms with Crippen LogP contribution in [0, 0.1) is 19.8 Å². The summed E-state index contributed by atoms with van der Waals surface area (Å²) in [4.78, 5) is 17.5. The average Bonchev–Trinajstić information content (AvgIpc) is 3.23. The number of hydrogen-bond donors (Lipinski definition) is 1. The monoisotopic (exact) mass is 497 g/mol. The minimum absolute atomic E-state index is 0.0777. The van der Waals surface area contributed by atoms with Gasteiger partial charge in [0.15, 0.2) is 5.82 Å². The lowest BCUT2D eigenvalue weighted by molar-refractivity contribution is -0.125. The molecule has 10 heteroatoms. The first-order valence-electron chi connectivity index (χ1n) is 12.3. The van der Waals surface area contributed by atoms with Crippen LogP contribution >= 0.6 is 11.6 Å². The first kappa shape index (κ1) is 24.0. The maximum Gasteiger partial charge on any atom is 0.224 e. The molecular weight excluding hydrogens is 466 g/mol. The zero-order valence-corrected chi connectivity index (χ0v) is 21.1. The number of nitrogens with zero attached hydrogens (tertiary/aromatic N) is 6. The number of carbonyl (C=O) groups is 1. The van der Waals surface area contributed by atoms with Crippen LogP contribution in [0.3, 0.4) is 0 Å². The summed E-state index contributed by atoms with van der Waals surface area (Å²) in [5, 5.41) is 18.8. The van der Waals surface area contributed by atoms with Crippen molar-refractivity contribution in [2.24, 2.45) is 5.92 Å². The summed E-state index contributed by atoms with van der Waals surface area (Å²) < 4.78 is 7.31. The van der Waals surface area contributed by atoms with E-state index in [0.717, 1.165) is 86.0 Å². The molecule has 2 fully saturated rings. The Morgan fingerprint density at radius 2 is 1.91 bits per heavy atom. The van der Waals surface area contributed by atoms with Crippen LogP contribution in [0.1, 0.15) is 24.2 Å². The highest BCUT2D eigenvalue weighted by Gasteiger charge is 2.29. The van der Waals surface area contributed by atoms with E-state index in [0.29, 0.717) is 18.1 Å². The van der Waals surface area contributed by atoms with Crippen molar-refractivity contribution in [1.82, 2.24) is 30.2 Å². The molecule has 2 aromatic heterocycles. The first-order chi connectivity index (χ1) is 17.0. The number of carbonyl (C=O) groups excluding carboxylic acids is 1. The lowest BCUT2D eigenvalue weighted by atomic mass is 9.97. The first-order valence-corrected chi connectivity index (χ1v) is 12.7. The number of ether oxygens (including phenoxy) is 1. The molecule has 5 rings (SSSR count). The van der Waals surface area contributed by atoms with Crippen molar-refractivity contribution in [3.8, 4) is 5.69 Å². The van der Waals surface area contributed by atoms with E-state index in [1.807, 2.05) is 42.8 Å².